The quantitative estimate of drug-likeness (QED) is 0.470. The van der Waals surface area contributed by atoms with E-state index in [2.05, 4.69) is 25.3 Å². The average Bonchev–Trinajstić information content (AvgIpc) is 3.41. The third-order valence-electron chi connectivity index (χ3n) is 5.47. The topological polar surface area (TPSA) is 89.3 Å². The molecule has 5 rings (SSSR count). The van der Waals surface area contributed by atoms with Gasteiger partial charge in [0.2, 0.25) is 5.88 Å². The van der Waals surface area contributed by atoms with Gasteiger partial charge in [-0.05, 0) is 55.5 Å². The van der Waals surface area contributed by atoms with Crippen LogP contribution in [0, 0.1) is 6.92 Å². The highest BCUT2D eigenvalue weighted by atomic mass is 16.5. The summed E-state index contributed by atoms with van der Waals surface area (Å²) in [6.45, 7) is 4.46. The first kappa shape index (κ1) is 20.6. The Hall–Kier alpha value is -4.27. The average molecular weight is 441 g/mol. The van der Waals surface area contributed by atoms with E-state index in [-0.39, 0.29) is 5.91 Å². The lowest BCUT2D eigenvalue weighted by Crippen LogP contribution is -2.49. The lowest BCUT2D eigenvalue weighted by molar-refractivity contribution is 0.0746. The van der Waals surface area contributed by atoms with Crippen LogP contribution >= 0.6 is 0 Å². The molecule has 1 saturated heterocycles. The third-order valence-corrected chi connectivity index (χ3v) is 5.47. The van der Waals surface area contributed by atoms with Crippen LogP contribution in [0.25, 0.3) is 5.82 Å². The van der Waals surface area contributed by atoms with Crippen LogP contribution in [-0.2, 0) is 0 Å². The van der Waals surface area contributed by atoms with Gasteiger partial charge in [-0.15, -0.1) is 15.3 Å². The molecule has 0 saturated carbocycles. The van der Waals surface area contributed by atoms with Crippen LogP contribution in [-0.4, -0.2) is 61.9 Å². The van der Waals surface area contributed by atoms with Gasteiger partial charge in [-0.25, -0.2) is 0 Å². The summed E-state index contributed by atoms with van der Waals surface area (Å²) in [6.07, 6.45) is 3.87. The fourth-order valence-electron chi connectivity index (χ4n) is 3.69. The number of carbonyl (C=O) groups is 1. The monoisotopic (exact) mass is 441 g/mol. The van der Waals surface area contributed by atoms with Crippen molar-refractivity contribution in [1.82, 2.24) is 29.9 Å². The van der Waals surface area contributed by atoms with E-state index < -0.39 is 0 Å². The molecule has 4 heterocycles. The first-order valence-corrected chi connectivity index (χ1v) is 10.8. The molecule has 1 aromatic carbocycles. The van der Waals surface area contributed by atoms with Crippen LogP contribution in [0.15, 0.2) is 73.1 Å². The van der Waals surface area contributed by atoms with E-state index >= 15 is 0 Å². The van der Waals surface area contributed by atoms with Gasteiger partial charge in [0.25, 0.3) is 5.91 Å². The summed E-state index contributed by atoms with van der Waals surface area (Å²) < 4.78 is 7.67. The molecule has 3 aromatic heterocycles. The molecule has 0 spiro atoms. The number of benzene rings is 1. The second kappa shape index (κ2) is 9.07. The summed E-state index contributed by atoms with van der Waals surface area (Å²) in [5, 5.41) is 16.7. The summed E-state index contributed by atoms with van der Waals surface area (Å²) in [6, 6.07) is 18.5. The summed E-state index contributed by atoms with van der Waals surface area (Å²) in [5.74, 6) is 2.51. The zero-order valence-electron chi connectivity index (χ0n) is 18.2. The molecule has 1 aliphatic rings. The van der Waals surface area contributed by atoms with Gasteiger partial charge < -0.3 is 19.1 Å². The maximum atomic E-state index is 13.1. The van der Waals surface area contributed by atoms with Crippen molar-refractivity contribution in [2.75, 3.05) is 31.1 Å². The van der Waals surface area contributed by atoms with E-state index in [0.29, 0.717) is 43.4 Å². The van der Waals surface area contributed by atoms with Crippen molar-refractivity contribution in [3.63, 3.8) is 0 Å². The van der Waals surface area contributed by atoms with Crippen molar-refractivity contribution in [2.45, 2.75) is 6.92 Å². The maximum Gasteiger partial charge on any atom is 0.254 e. The molecular formula is C24H23N7O2. The van der Waals surface area contributed by atoms with Crippen molar-refractivity contribution in [1.29, 1.82) is 0 Å². The van der Waals surface area contributed by atoms with E-state index in [1.807, 2.05) is 65.2 Å². The molecule has 0 N–H and O–H groups in total. The van der Waals surface area contributed by atoms with Crippen LogP contribution in [0.1, 0.15) is 16.1 Å². The van der Waals surface area contributed by atoms with Gasteiger partial charge in [0, 0.05) is 50.2 Å². The fraction of sp³-hybridized carbons (Fsp3) is 0.208. The van der Waals surface area contributed by atoms with Gasteiger partial charge in [-0.2, -0.15) is 5.10 Å². The Morgan fingerprint density at radius 1 is 0.818 bits per heavy atom. The third kappa shape index (κ3) is 4.67. The van der Waals surface area contributed by atoms with Crippen molar-refractivity contribution in [3.05, 3.63) is 84.3 Å². The Labute approximate surface area is 191 Å². The molecule has 9 nitrogen and oxygen atoms in total. The highest BCUT2D eigenvalue weighted by Gasteiger charge is 2.23. The number of anilines is 1. The zero-order valence-corrected chi connectivity index (χ0v) is 18.2. The fourth-order valence-corrected chi connectivity index (χ4v) is 3.69. The molecule has 1 fully saturated rings. The minimum absolute atomic E-state index is 0.0240. The summed E-state index contributed by atoms with van der Waals surface area (Å²) in [4.78, 5) is 17.1. The predicted octanol–water partition coefficient (Wildman–Crippen LogP) is 3.12. The van der Waals surface area contributed by atoms with E-state index in [9.17, 15) is 4.79 Å². The molecule has 4 aromatic rings. The van der Waals surface area contributed by atoms with E-state index in [1.165, 1.54) is 0 Å². The highest BCUT2D eigenvalue weighted by molar-refractivity contribution is 5.94. The van der Waals surface area contributed by atoms with E-state index in [0.717, 1.165) is 17.3 Å². The lowest BCUT2D eigenvalue weighted by atomic mass is 10.1. The van der Waals surface area contributed by atoms with Gasteiger partial charge >= 0.3 is 0 Å². The number of nitrogens with zero attached hydrogens (tertiary/aromatic N) is 7. The van der Waals surface area contributed by atoms with Gasteiger partial charge in [0.15, 0.2) is 11.6 Å². The SMILES string of the molecule is Cc1ccc(Oc2cccc(C(=O)N3CCN(c4ccc(-n5cccc5)nn4)CC3)c2)nn1. The zero-order chi connectivity index (χ0) is 22.6. The number of aromatic nitrogens is 5. The molecule has 166 valence electrons. The van der Waals surface area contributed by atoms with Gasteiger partial charge in [0.1, 0.15) is 5.75 Å². The maximum absolute atomic E-state index is 13.1. The van der Waals surface area contributed by atoms with Crippen LogP contribution in [0.5, 0.6) is 11.6 Å². The molecule has 0 bridgehead atoms. The largest absolute Gasteiger partial charge is 0.438 e. The Morgan fingerprint density at radius 2 is 1.58 bits per heavy atom. The van der Waals surface area contributed by atoms with Gasteiger partial charge in [0.05, 0.1) is 5.69 Å². The predicted molar refractivity (Wildman–Crippen MR) is 123 cm³/mol. The molecule has 1 amide bonds. The minimum atomic E-state index is -0.0240. The molecule has 0 unspecified atom stereocenters. The van der Waals surface area contributed by atoms with E-state index in [1.54, 1.807) is 24.3 Å². The van der Waals surface area contributed by atoms with Crippen LogP contribution in [0.2, 0.25) is 0 Å². The van der Waals surface area contributed by atoms with Crippen molar-refractivity contribution in [2.24, 2.45) is 0 Å². The normalized spacial score (nSPS) is 13.7. The lowest BCUT2D eigenvalue weighted by Gasteiger charge is -2.35. The first-order valence-electron chi connectivity index (χ1n) is 10.8. The molecular weight excluding hydrogens is 418 g/mol. The van der Waals surface area contributed by atoms with Crippen molar-refractivity contribution in [3.8, 4) is 17.4 Å². The number of aryl methyl sites for hydroxylation is 1. The summed E-state index contributed by atoms with van der Waals surface area (Å²) in [7, 11) is 0. The number of ether oxygens (including phenoxy) is 1. The standard InChI is InChI=1S/C24H23N7O2/c1-18-7-10-23(28-25-18)33-20-6-4-5-19(17-20)24(32)31-15-13-30(14-16-31)22-9-8-21(26-27-22)29-11-2-3-12-29/h2-12,17H,13-16H2,1H3. The number of piperazine rings is 1. The molecule has 0 atom stereocenters. The first-order chi connectivity index (χ1) is 16.2. The smallest absolute Gasteiger partial charge is 0.254 e. The highest BCUT2D eigenvalue weighted by Crippen LogP contribution is 2.22. The van der Waals surface area contributed by atoms with Gasteiger partial charge in [-0.3, -0.25) is 4.79 Å². The molecule has 9 heteroatoms. The van der Waals surface area contributed by atoms with E-state index in [4.69, 9.17) is 4.74 Å². The Kier molecular flexibility index (Phi) is 5.67. The Balaban J connectivity index is 1.20. The molecule has 33 heavy (non-hydrogen) atoms. The summed E-state index contributed by atoms with van der Waals surface area (Å²) in [5.41, 5.74) is 1.39. The van der Waals surface area contributed by atoms with Crippen LogP contribution < -0.4 is 9.64 Å². The number of hydrogen-bond acceptors (Lipinski definition) is 7. The van der Waals surface area contributed by atoms with Crippen LogP contribution in [0.4, 0.5) is 5.82 Å². The number of rotatable bonds is 5. The van der Waals surface area contributed by atoms with Crippen molar-refractivity contribution >= 4 is 11.7 Å². The number of amides is 1. The Morgan fingerprint density at radius 3 is 2.27 bits per heavy atom. The number of hydrogen-bond donors (Lipinski definition) is 0. The molecule has 0 aliphatic carbocycles. The number of carbonyl (C=O) groups excluding carboxylic acids is 1. The van der Waals surface area contributed by atoms with Crippen molar-refractivity contribution < 1.29 is 9.53 Å². The second-order valence-electron chi connectivity index (χ2n) is 7.76. The Bertz CT molecular complexity index is 1220. The van der Waals surface area contributed by atoms with Crippen LogP contribution in [0.3, 0.4) is 0 Å². The molecule has 1 aliphatic heterocycles. The minimum Gasteiger partial charge on any atom is -0.438 e. The molecule has 0 radical (unpaired) electrons. The second-order valence-corrected chi connectivity index (χ2v) is 7.76. The van der Waals surface area contributed by atoms with Gasteiger partial charge in [-0.1, -0.05) is 6.07 Å². The summed E-state index contributed by atoms with van der Waals surface area (Å²) >= 11 is 0.